The molecule has 1 heterocycles. The summed E-state index contributed by atoms with van der Waals surface area (Å²) in [6.45, 7) is 4.24. The minimum absolute atomic E-state index is 0.0220. The monoisotopic (exact) mass is 223 g/mol. The summed E-state index contributed by atoms with van der Waals surface area (Å²) < 4.78 is 37.4. The summed E-state index contributed by atoms with van der Waals surface area (Å²) in [5.74, 6) is 0.514. The van der Waals surface area contributed by atoms with Gasteiger partial charge < -0.3 is 10.1 Å². The van der Waals surface area contributed by atoms with E-state index in [0.29, 0.717) is 24.5 Å². The fourth-order valence-corrected chi connectivity index (χ4v) is 1.83. The van der Waals surface area contributed by atoms with E-state index in [1.807, 2.05) is 6.92 Å². The molecule has 16 heavy (non-hydrogen) atoms. The molecule has 0 saturated carbocycles. The van der Waals surface area contributed by atoms with Crippen molar-refractivity contribution in [3.63, 3.8) is 0 Å². The van der Waals surface area contributed by atoms with Crippen LogP contribution in [0.1, 0.15) is 30.8 Å². The molecule has 0 unspecified atom stereocenters. The minimum Gasteiger partial charge on any atom is -0.493 e. The normalized spacial score (nSPS) is 20.8. The fraction of sp³-hybridized carbons (Fsp3) is 0.571. The van der Waals surface area contributed by atoms with Crippen molar-refractivity contribution in [2.45, 2.75) is 26.2 Å². The first-order chi connectivity index (χ1) is 9.56. The SMILES string of the molecule is [2H]c1c([2H])c(OCC2CCNCC2)c([2H])c([2H])c1CC. The summed E-state index contributed by atoms with van der Waals surface area (Å²) in [5, 5.41) is 3.28. The predicted molar refractivity (Wildman–Crippen MR) is 66.9 cm³/mol. The van der Waals surface area contributed by atoms with Gasteiger partial charge in [0.15, 0.2) is 0 Å². The molecule has 0 aliphatic carbocycles. The average molecular weight is 223 g/mol. The summed E-state index contributed by atoms with van der Waals surface area (Å²) in [6, 6.07) is -0.0730. The van der Waals surface area contributed by atoms with Crippen LogP contribution in [-0.4, -0.2) is 19.7 Å². The molecule has 0 radical (unpaired) electrons. The number of benzene rings is 1. The lowest BCUT2D eigenvalue weighted by molar-refractivity contribution is 0.215. The van der Waals surface area contributed by atoms with Gasteiger partial charge in [-0.2, -0.15) is 0 Å². The van der Waals surface area contributed by atoms with Crippen LogP contribution in [0.15, 0.2) is 24.2 Å². The lowest BCUT2D eigenvalue weighted by Gasteiger charge is -2.22. The van der Waals surface area contributed by atoms with Gasteiger partial charge in [0.05, 0.1) is 12.1 Å². The number of hydrogen-bond donors (Lipinski definition) is 1. The molecule has 2 heteroatoms. The van der Waals surface area contributed by atoms with Crippen LogP contribution in [0.25, 0.3) is 0 Å². The van der Waals surface area contributed by atoms with Crippen molar-refractivity contribution in [1.29, 1.82) is 0 Å². The van der Waals surface area contributed by atoms with Gasteiger partial charge in [0.1, 0.15) is 5.75 Å². The van der Waals surface area contributed by atoms with Crippen LogP contribution in [0.5, 0.6) is 5.75 Å². The van der Waals surface area contributed by atoms with Gasteiger partial charge in [-0.15, -0.1) is 0 Å². The maximum Gasteiger partial charge on any atom is 0.119 e. The molecule has 1 aliphatic rings. The van der Waals surface area contributed by atoms with E-state index in [4.69, 9.17) is 10.2 Å². The molecule has 1 fully saturated rings. The number of ether oxygens (including phenoxy) is 1. The number of nitrogens with one attached hydrogen (secondary N) is 1. The molecule has 1 N–H and O–H groups in total. The Balaban J connectivity index is 2.18. The molecule has 0 bridgehead atoms. The molecular formula is C14H21NO. The van der Waals surface area contributed by atoms with Gasteiger partial charge in [0.2, 0.25) is 0 Å². The maximum atomic E-state index is 7.97. The Labute approximate surface area is 104 Å². The topological polar surface area (TPSA) is 21.3 Å². The first kappa shape index (κ1) is 7.33. The summed E-state index contributed by atoms with van der Waals surface area (Å²) in [7, 11) is 0. The molecule has 0 aromatic heterocycles. The molecule has 1 aromatic rings. The van der Waals surface area contributed by atoms with Gasteiger partial charge in [-0.3, -0.25) is 0 Å². The number of piperidine rings is 1. The second-order valence-electron chi connectivity index (χ2n) is 4.17. The largest absolute Gasteiger partial charge is 0.493 e. The third-order valence-electron chi connectivity index (χ3n) is 2.93. The van der Waals surface area contributed by atoms with Crippen LogP contribution in [0.4, 0.5) is 0 Å². The molecule has 0 spiro atoms. The highest BCUT2D eigenvalue weighted by Crippen LogP contribution is 2.16. The van der Waals surface area contributed by atoms with E-state index in [-0.39, 0.29) is 29.9 Å². The quantitative estimate of drug-likeness (QED) is 0.847. The van der Waals surface area contributed by atoms with Crippen LogP contribution < -0.4 is 10.1 Å². The zero-order chi connectivity index (χ0) is 14.7. The average Bonchev–Trinajstić information content (AvgIpc) is 2.47. The minimum atomic E-state index is -0.0585. The molecule has 1 saturated heterocycles. The van der Waals surface area contributed by atoms with E-state index in [9.17, 15) is 0 Å². The molecule has 2 nitrogen and oxygen atoms in total. The van der Waals surface area contributed by atoms with Crippen molar-refractivity contribution < 1.29 is 10.2 Å². The first-order valence-corrected chi connectivity index (χ1v) is 5.99. The van der Waals surface area contributed by atoms with Crippen molar-refractivity contribution >= 4 is 0 Å². The Kier molecular flexibility index (Phi) is 2.70. The first-order valence-electron chi connectivity index (χ1n) is 7.99. The highest BCUT2D eigenvalue weighted by molar-refractivity contribution is 5.27. The van der Waals surface area contributed by atoms with Crippen LogP contribution >= 0.6 is 0 Å². The highest BCUT2D eigenvalue weighted by Gasteiger charge is 2.13. The van der Waals surface area contributed by atoms with Crippen LogP contribution in [0, 0.1) is 5.92 Å². The molecule has 2 rings (SSSR count). The van der Waals surface area contributed by atoms with Crippen molar-refractivity contribution in [3.8, 4) is 5.75 Å². The summed E-state index contributed by atoms with van der Waals surface area (Å²) in [5.41, 5.74) is 0.453. The lowest BCUT2D eigenvalue weighted by atomic mass is 9.99. The Morgan fingerprint density at radius 2 is 2.00 bits per heavy atom. The Hall–Kier alpha value is -1.02. The third-order valence-corrected chi connectivity index (χ3v) is 2.93. The zero-order valence-corrected chi connectivity index (χ0v) is 9.73. The second kappa shape index (κ2) is 5.90. The summed E-state index contributed by atoms with van der Waals surface area (Å²) in [6.07, 6.45) is 2.54. The number of rotatable bonds is 4. The standard InChI is InChI=1S/C14H21NO/c1-2-12-3-5-14(6-4-12)16-11-13-7-9-15-10-8-13/h3-6,13,15H,2,7-11H2,1H3/i3D,4D,5D,6D. The van der Waals surface area contributed by atoms with Crippen LogP contribution in [0.2, 0.25) is 0 Å². The third kappa shape index (κ3) is 3.24. The maximum absolute atomic E-state index is 7.97. The van der Waals surface area contributed by atoms with E-state index < -0.39 is 0 Å². The second-order valence-corrected chi connectivity index (χ2v) is 4.17. The molecule has 0 atom stereocenters. The van der Waals surface area contributed by atoms with Gasteiger partial charge in [0, 0.05) is 0 Å². The summed E-state index contributed by atoms with van der Waals surface area (Å²) >= 11 is 0. The summed E-state index contributed by atoms with van der Waals surface area (Å²) in [4.78, 5) is 0. The lowest BCUT2D eigenvalue weighted by Crippen LogP contribution is -2.30. The number of hydrogen-bond acceptors (Lipinski definition) is 2. The molecular weight excluding hydrogens is 198 g/mol. The van der Waals surface area contributed by atoms with E-state index in [0.717, 1.165) is 25.9 Å². The van der Waals surface area contributed by atoms with Gasteiger partial charge in [-0.25, -0.2) is 0 Å². The zero-order valence-electron chi connectivity index (χ0n) is 13.7. The van der Waals surface area contributed by atoms with Crippen molar-refractivity contribution in [2.75, 3.05) is 19.7 Å². The van der Waals surface area contributed by atoms with Crippen molar-refractivity contribution in [1.82, 2.24) is 5.32 Å². The van der Waals surface area contributed by atoms with Gasteiger partial charge in [0.25, 0.3) is 0 Å². The van der Waals surface area contributed by atoms with Crippen molar-refractivity contribution in [2.24, 2.45) is 5.92 Å². The Morgan fingerprint density at radius 1 is 1.31 bits per heavy atom. The Morgan fingerprint density at radius 3 is 2.62 bits per heavy atom. The van der Waals surface area contributed by atoms with Gasteiger partial charge in [-0.1, -0.05) is 19.0 Å². The van der Waals surface area contributed by atoms with Gasteiger partial charge >= 0.3 is 0 Å². The Bertz CT molecular complexity index is 458. The highest BCUT2D eigenvalue weighted by atomic mass is 16.5. The molecule has 0 amide bonds. The van der Waals surface area contributed by atoms with Crippen LogP contribution in [-0.2, 0) is 6.42 Å². The van der Waals surface area contributed by atoms with Crippen LogP contribution in [0.3, 0.4) is 0 Å². The van der Waals surface area contributed by atoms with Crippen molar-refractivity contribution in [3.05, 3.63) is 29.7 Å². The predicted octanol–water partition coefficient (Wildman–Crippen LogP) is 2.63. The smallest absolute Gasteiger partial charge is 0.119 e. The molecule has 1 aliphatic heterocycles. The van der Waals surface area contributed by atoms with E-state index in [1.54, 1.807) is 0 Å². The van der Waals surface area contributed by atoms with E-state index >= 15 is 0 Å². The molecule has 88 valence electrons. The molecule has 1 aromatic carbocycles. The van der Waals surface area contributed by atoms with Gasteiger partial charge in [-0.05, 0) is 55.9 Å². The van der Waals surface area contributed by atoms with E-state index in [2.05, 4.69) is 5.32 Å². The fourth-order valence-electron chi connectivity index (χ4n) is 1.83. The van der Waals surface area contributed by atoms with E-state index in [1.165, 1.54) is 0 Å².